The van der Waals surface area contributed by atoms with Crippen LogP contribution in [0.3, 0.4) is 0 Å². The minimum atomic E-state index is -0.386. The van der Waals surface area contributed by atoms with Gasteiger partial charge in [-0.3, -0.25) is 9.59 Å². The van der Waals surface area contributed by atoms with E-state index in [1.165, 1.54) is 0 Å². The summed E-state index contributed by atoms with van der Waals surface area (Å²) in [5.41, 5.74) is 1.82. The van der Waals surface area contributed by atoms with Gasteiger partial charge in [-0.15, -0.1) is 11.8 Å². The molecule has 3 heterocycles. The van der Waals surface area contributed by atoms with Gasteiger partial charge < -0.3 is 19.9 Å². The predicted molar refractivity (Wildman–Crippen MR) is 98.8 cm³/mol. The molecule has 1 N–H and O–H groups in total. The van der Waals surface area contributed by atoms with Crippen LogP contribution in [-0.2, 0) is 14.3 Å². The molecule has 7 heteroatoms. The smallest absolute Gasteiger partial charge is 0.248 e. The molecule has 0 aromatic heterocycles. The van der Waals surface area contributed by atoms with Gasteiger partial charge in [0.05, 0.1) is 29.5 Å². The van der Waals surface area contributed by atoms with Crippen molar-refractivity contribution in [3.8, 4) is 0 Å². The van der Waals surface area contributed by atoms with E-state index < -0.39 is 0 Å². The number of para-hydroxylation sites is 2. The molecular weight excluding hydrogens is 338 g/mol. The van der Waals surface area contributed by atoms with Crippen molar-refractivity contribution in [1.29, 1.82) is 0 Å². The summed E-state index contributed by atoms with van der Waals surface area (Å²) in [6.45, 7) is 5.09. The summed E-state index contributed by atoms with van der Waals surface area (Å²) in [7, 11) is 0. The largest absolute Gasteiger partial charge is 0.378 e. The number of hydrogen-bond acceptors (Lipinski definition) is 5. The Hall–Kier alpha value is -1.73. The normalized spacial score (nSPS) is 29.0. The summed E-state index contributed by atoms with van der Waals surface area (Å²) in [5, 5.41) is 3.07. The van der Waals surface area contributed by atoms with Gasteiger partial charge >= 0.3 is 0 Å². The van der Waals surface area contributed by atoms with Crippen molar-refractivity contribution >= 4 is 35.0 Å². The lowest BCUT2D eigenvalue weighted by atomic mass is 10.2. The Balaban J connectivity index is 1.53. The Morgan fingerprint density at radius 1 is 1.32 bits per heavy atom. The minimum absolute atomic E-state index is 0.0906. The Morgan fingerprint density at radius 2 is 2.08 bits per heavy atom. The Bertz CT molecular complexity index is 692. The first-order chi connectivity index (χ1) is 12.1. The molecule has 3 aliphatic heterocycles. The summed E-state index contributed by atoms with van der Waals surface area (Å²) in [4.78, 5) is 29.0. The maximum absolute atomic E-state index is 12.9. The lowest BCUT2D eigenvalue weighted by Crippen LogP contribution is -2.48. The number of carbonyl (C=O) groups excluding carboxylic acids is 2. The summed E-state index contributed by atoms with van der Waals surface area (Å²) in [6, 6.07) is 7.47. The molecular formula is C18H23N3O3S. The number of benzene rings is 1. The molecule has 0 unspecified atom stereocenters. The highest BCUT2D eigenvalue weighted by atomic mass is 32.2. The van der Waals surface area contributed by atoms with Crippen LogP contribution in [0.25, 0.3) is 0 Å². The molecule has 25 heavy (non-hydrogen) atoms. The van der Waals surface area contributed by atoms with Crippen LogP contribution in [0.4, 0.5) is 11.4 Å². The number of rotatable bonds is 3. The van der Waals surface area contributed by atoms with Gasteiger partial charge in [0, 0.05) is 25.3 Å². The summed E-state index contributed by atoms with van der Waals surface area (Å²) in [6.07, 6.45) is 1.36. The van der Waals surface area contributed by atoms with Gasteiger partial charge in [0.2, 0.25) is 11.8 Å². The van der Waals surface area contributed by atoms with Crippen molar-refractivity contribution in [3.63, 3.8) is 0 Å². The second-order valence-corrected chi connectivity index (χ2v) is 8.37. The van der Waals surface area contributed by atoms with Gasteiger partial charge in [0.1, 0.15) is 6.04 Å². The second kappa shape index (κ2) is 6.53. The zero-order chi connectivity index (χ0) is 17.4. The molecule has 4 rings (SSSR count). The second-order valence-electron chi connectivity index (χ2n) is 6.87. The van der Waals surface area contributed by atoms with Crippen LogP contribution in [0.2, 0.25) is 0 Å². The molecule has 2 atom stereocenters. The van der Waals surface area contributed by atoms with Crippen molar-refractivity contribution in [2.75, 3.05) is 42.3 Å². The van der Waals surface area contributed by atoms with E-state index in [-0.39, 0.29) is 22.7 Å². The Kier molecular flexibility index (Phi) is 4.37. The number of nitrogens with one attached hydrogen (secondary N) is 1. The van der Waals surface area contributed by atoms with Crippen molar-refractivity contribution < 1.29 is 14.3 Å². The average molecular weight is 361 g/mol. The standard InChI is InChI=1S/C18H23N3O3S/c1-18-7-6-16(22)21(18)15(12-25-18)17(23)19-13-4-2-3-5-14(13)20-8-10-24-11-9-20/h2-5,15H,6-12H2,1H3,(H,19,23)/t15-,18+/m0/s1. The lowest BCUT2D eigenvalue weighted by Gasteiger charge is -2.32. The van der Waals surface area contributed by atoms with Crippen molar-refractivity contribution in [3.05, 3.63) is 24.3 Å². The molecule has 0 spiro atoms. The van der Waals surface area contributed by atoms with Crippen molar-refractivity contribution in [2.45, 2.75) is 30.7 Å². The van der Waals surface area contributed by atoms with Gasteiger partial charge in [-0.05, 0) is 25.5 Å². The van der Waals surface area contributed by atoms with Crippen LogP contribution in [0.1, 0.15) is 19.8 Å². The number of anilines is 2. The zero-order valence-electron chi connectivity index (χ0n) is 14.4. The number of fused-ring (bicyclic) bond motifs is 1. The zero-order valence-corrected chi connectivity index (χ0v) is 15.2. The number of hydrogen-bond donors (Lipinski definition) is 1. The Labute approximate surface area is 151 Å². The molecule has 3 aliphatic rings. The molecule has 0 aliphatic carbocycles. The quantitative estimate of drug-likeness (QED) is 0.891. The van der Waals surface area contributed by atoms with E-state index in [0.29, 0.717) is 25.4 Å². The third kappa shape index (κ3) is 3.00. The minimum Gasteiger partial charge on any atom is -0.378 e. The van der Waals surface area contributed by atoms with E-state index in [9.17, 15) is 9.59 Å². The van der Waals surface area contributed by atoms with Gasteiger partial charge in [-0.2, -0.15) is 0 Å². The van der Waals surface area contributed by atoms with Gasteiger partial charge in [0.25, 0.3) is 0 Å². The molecule has 1 aromatic rings. The number of amides is 2. The first kappa shape index (κ1) is 16.7. The first-order valence-electron chi connectivity index (χ1n) is 8.77. The van der Waals surface area contributed by atoms with E-state index >= 15 is 0 Å². The summed E-state index contributed by atoms with van der Waals surface area (Å²) >= 11 is 1.72. The van der Waals surface area contributed by atoms with E-state index in [1.54, 1.807) is 16.7 Å². The van der Waals surface area contributed by atoms with Crippen LogP contribution in [0.5, 0.6) is 0 Å². The maximum Gasteiger partial charge on any atom is 0.248 e. The molecule has 3 saturated heterocycles. The fourth-order valence-corrected chi connectivity index (χ4v) is 5.32. The monoisotopic (exact) mass is 361 g/mol. The third-order valence-corrected chi connectivity index (χ3v) is 6.77. The highest BCUT2D eigenvalue weighted by Crippen LogP contribution is 2.47. The molecule has 1 aromatic carbocycles. The number of morpholine rings is 1. The number of nitrogens with zero attached hydrogens (tertiary/aromatic N) is 2. The van der Waals surface area contributed by atoms with Crippen LogP contribution < -0.4 is 10.2 Å². The highest BCUT2D eigenvalue weighted by Gasteiger charge is 2.52. The van der Waals surface area contributed by atoms with E-state index in [2.05, 4.69) is 17.1 Å². The number of ether oxygens (including phenoxy) is 1. The molecule has 134 valence electrons. The summed E-state index contributed by atoms with van der Waals surface area (Å²) in [5.74, 6) is 0.662. The van der Waals surface area contributed by atoms with E-state index in [0.717, 1.165) is 30.9 Å². The van der Waals surface area contributed by atoms with Gasteiger partial charge in [0.15, 0.2) is 0 Å². The fourth-order valence-electron chi connectivity index (χ4n) is 3.89. The first-order valence-corrected chi connectivity index (χ1v) is 9.76. The van der Waals surface area contributed by atoms with Gasteiger partial charge in [-0.1, -0.05) is 12.1 Å². The fraction of sp³-hybridized carbons (Fsp3) is 0.556. The predicted octanol–water partition coefficient (Wildman–Crippen LogP) is 1.92. The Morgan fingerprint density at radius 3 is 2.88 bits per heavy atom. The van der Waals surface area contributed by atoms with Crippen LogP contribution in [0.15, 0.2) is 24.3 Å². The molecule has 0 saturated carbocycles. The molecule has 0 bridgehead atoms. The van der Waals surface area contributed by atoms with E-state index in [4.69, 9.17) is 4.74 Å². The van der Waals surface area contributed by atoms with Crippen LogP contribution in [-0.4, -0.2) is 59.7 Å². The topological polar surface area (TPSA) is 61.9 Å². The van der Waals surface area contributed by atoms with Crippen molar-refractivity contribution in [1.82, 2.24) is 4.90 Å². The molecule has 6 nitrogen and oxygen atoms in total. The van der Waals surface area contributed by atoms with Crippen molar-refractivity contribution in [2.24, 2.45) is 0 Å². The SMILES string of the molecule is C[C@@]12CCC(=O)N1[C@H](C(=O)Nc1ccccc1N1CCOCC1)CS2. The average Bonchev–Trinajstić information content (AvgIpc) is 3.12. The molecule has 2 amide bonds. The number of carbonyl (C=O) groups is 2. The van der Waals surface area contributed by atoms with Crippen LogP contribution >= 0.6 is 11.8 Å². The third-order valence-electron chi connectivity index (χ3n) is 5.26. The highest BCUT2D eigenvalue weighted by molar-refractivity contribution is 8.01. The van der Waals surface area contributed by atoms with Gasteiger partial charge in [-0.25, -0.2) is 0 Å². The van der Waals surface area contributed by atoms with Crippen LogP contribution in [0, 0.1) is 0 Å². The lowest BCUT2D eigenvalue weighted by molar-refractivity contribution is -0.135. The maximum atomic E-state index is 12.9. The molecule has 0 radical (unpaired) electrons. The number of thioether (sulfide) groups is 1. The molecule has 3 fully saturated rings. The summed E-state index contributed by atoms with van der Waals surface area (Å²) < 4.78 is 5.42. The van der Waals surface area contributed by atoms with E-state index in [1.807, 2.05) is 24.3 Å².